The average Bonchev–Trinajstić information content (AvgIpc) is 2.33. The third kappa shape index (κ3) is 6.70. The van der Waals surface area contributed by atoms with Crippen LogP contribution >= 0.6 is 0 Å². The highest BCUT2D eigenvalue weighted by Crippen LogP contribution is 2.33. The van der Waals surface area contributed by atoms with E-state index in [1.165, 1.54) is 19.3 Å². The summed E-state index contributed by atoms with van der Waals surface area (Å²) in [5.41, 5.74) is 0.0944. The highest BCUT2D eigenvalue weighted by Gasteiger charge is 2.34. The van der Waals surface area contributed by atoms with Gasteiger partial charge in [-0.1, -0.05) is 60.8 Å². The Morgan fingerprint density at radius 2 is 1.59 bits per heavy atom. The molecule has 0 unspecified atom stereocenters. The van der Waals surface area contributed by atoms with Gasteiger partial charge >= 0.3 is 0 Å². The van der Waals surface area contributed by atoms with Crippen LogP contribution < -0.4 is 5.32 Å². The van der Waals surface area contributed by atoms with Gasteiger partial charge in [0, 0.05) is 12.0 Å². The summed E-state index contributed by atoms with van der Waals surface area (Å²) in [4.78, 5) is 11.5. The van der Waals surface area contributed by atoms with E-state index in [9.17, 15) is 4.79 Å². The van der Waals surface area contributed by atoms with E-state index in [4.69, 9.17) is 0 Å². The van der Waals surface area contributed by atoms with Crippen molar-refractivity contribution < 1.29 is 4.79 Å². The maximum atomic E-state index is 11.5. The summed E-state index contributed by atoms with van der Waals surface area (Å²) in [5.74, 6) is 0.202. The van der Waals surface area contributed by atoms with Gasteiger partial charge in [-0.05, 0) is 18.3 Å². The van der Waals surface area contributed by atoms with E-state index in [1.807, 2.05) is 13.8 Å². The van der Waals surface area contributed by atoms with Crippen molar-refractivity contribution in [3.63, 3.8) is 0 Å². The molecule has 1 amide bonds. The molecule has 1 aliphatic heterocycles. The molecule has 0 saturated carbocycles. The highest BCUT2D eigenvalue weighted by molar-refractivity contribution is 5.82. The lowest BCUT2D eigenvalue weighted by Crippen LogP contribution is -2.36. The summed E-state index contributed by atoms with van der Waals surface area (Å²) in [6, 6.07) is 0. The predicted molar refractivity (Wildman–Crippen MR) is 75.0 cm³/mol. The Balaban J connectivity index is 0.000000437. The van der Waals surface area contributed by atoms with Gasteiger partial charge in [-0.2, -0.15) is 0 Å². The summed E-state index contributed by atoms with van der Waals surface area (Å²) < 4.78 is 0. The molecule has 1 saturated heterocycles. The SMILES string of the molecule is CC1(C)CCC(C)(C)C(=O)NC1.CCCCC. The Morgan fingerprint density at radius 1 is 1.06 bits per heavy atom. The first-order valence-electron chi connectivity index (χ1n) is 7.03. The number of unbranched alkanes of at least 4 members (excludes halogenated alkanes) is 2. The molecule has 17 heavy (non-hydrogen) atoms. The van der Waals surface area contributed by atoms with E-state index < -0.39 is 0 Å². The van der Waals surface area contributed by atoms with Gasteiger partial charge in [0.1, 0.15) is 0 Å². The van der Waals surface area contributed by atoms with Gasteiger partial charge in [0.25, 0.3) is 0 Å². The van der Waals surface area contributed by atoms with Crippen LogP contribution in [0.5, 0.6) is 0 Å². The lowest BCUT2D eigenvalue weighted by Gasteiger charge is -2.22. The summed E-state index contributed by atoms with van der Waals surface area (Å²) in [5, 5.41) is 2.99. The van der Waals surface area contributed by atoms with Crippen LogP contribution in [-0.4, -0.2) is 12.5 Å². The van der Waals surface area contributed by atoms with E-state index >= 15 is 0 Å². The minimum Gasteiger partial charge on any atom is -0.355 e. The fraction of sp³-hybridized carbons (Fsp3) is 0.933. The highest BCUT2D eigenvalue weighted by atomic mass is 16.2. The normalized spacial score (nSPS) is 21.9. The standard InChI is InChI=1S/C10H19NO.C5H12/c1-9(2)5-6-10(3,4)8(12)11-7-9;1-3-5-4-2/h5-7H2,1-4H3,(H,11,12);3-5H2,1-2H3. The number of carbonyl (C=O) groups is 1. The first kappa shape index (κ1) is 16.5. The third-order valence-corrected chi connectivity index (χ3v) is 3.48. The van der Waals surface area contributed by atoms with Gasteiger partial charge in [-0.25, -0.2) is 0 Å². The Kier molecular flexibility index (Phi) is 6.81. The van der Waals surface area contributed by atoms with E-state index in [0.717, 1.165) is 19.4 Å². The Labute approximate surface area is 108 Å². The fourth-order valence-corrected chi connectivity index (χ4v) is 1.77. The lowest BCUT2D eigenvalue weighted by molar-refractivity contribution is -0.129. The number of hydrogen-bond acceptors (Lipinski definition) is 1. The summed E-state index contributed by atoms with van der Waals surface area (Å²) in [7, 11) is 0. The average molecular weight is 241 g/mol. The minimum absolute atomic E-state index is 0.173. The molecule has 102 valence electrons. The van der Waals surface area contributed by atoms with Crippen molar-refractivity contribution >= 4 is 5.91 Å². The van der Waals surface area contributed by atoms with Crippen LogP contribution in [0, 0.1) is 10.8 Å². The van der Waals surface area contributed by atoms with Gasteiger partial charge in [-0.15, -0.1) is 0 Å². The lowest BCUT2D eigenvalue weighted by atomic mass is 9.81. The molecule has 1 rings (SSSR count). The van der Waals surface area contributed by atoms with Gasteiger partial charge in [0.15, 0.2) is 0 Å². The van der Waals surface area contributed by atoms with Crippen LogP contribution in [0.1, 0.15) is 73.6 Å². The number of rotatable bonds is 2. The van der Waals surface area contributed by atoms with Gasteiger partial charge < -0.3 is 5.32 Å². The minimum atomic E-state index is -0.173. The van der Waals surface area contributed by atoms with E-state index in [0.29, 0.717) is 0 Å². The molecule has 0 spiro atoms. The van der Waals surface area contributed by atoms with Crippen molar-refractivity contribution in [2.45, 2.75) is 73.6 Å². The van der Waals surface area contributed by atoms with Crippen molar-refractivity contribution in [1.82, 2.24) is 5.32 Å². The molecule has 0 aliphatic carbocycles. The van der Waals surface area contributed by atoms with E-state index in [-0.39, 0.29) is 16.7 Å². The zero-order valence-corrected chi connectivity index (χ0v) is 12.7. The second kappa shape index (κ2) is 7.03. The second-order valence-electron chi connectivity index (χ2n) is 6.58. The first-order valence-corrected chi connectivity index (χ1v) is 7.03. The van der Waals surface area contributed by atoms with Gasteiger partial charge in [0.2, 0.25) is 5.91 Å². The molecular weight excluding hydrogens is 210 g/mol. The summed E-state index contributed by atoms with van der Waals surface area (Å²) >= 11 is 0. The van der Waals surface area contributed by atoms with E-state index in [1.54, 1.807) is 0 Å². The second-order valence-corrected chi connectivity index (χ2v) is 6.58. The molecule has 0 aromatic heterocycles. The van der Waals surface area contributed by atoms with Crippen LogP contribution in [0.25, 0.3) is 0 Å². The van der Waals surface area contributed by atoms with Crippen molar-refractivity contribution in [3.8, 4) is 0 Å². The molecular formula is C15H31NO. The molecule has 0 aromatic rings. The maximum Gasteiger partial charge on any atom is 0.225 e. The van der Waals surface area contributed by atoms with Crippen molar-refractivity contribution in [2.75, 3.05) is 6.54 Å². The first-order chi connectivity index (χ1) is 7.75. The van der Waals surface area contributed by atoms with Gasteiger partial charge in [-0.3, -0.25) is 4.79 Å². The quantitative estimate of drug-likeness (QED) is 0.773. The number of hydrogen-bond donors (Lipinski definition) is 1. The third-order valence-electron chi connectivity index (χ3n) is 3.48. The summed E-state index contributed by atoms with van der Waals surface area (Å²) in [6.45, 7) is 13.7. The maximum absolute atomic E-state index is 11.5. The van der Waals surface area contributed by atoms with Crippen LogP contribution in [0.4, 0.5) is 0 Å². The zero-order chi connectivity index (χ0) is 13.5. The fourth-order valence-electron chi connectivity index (χ4n) is 1.77. The molecule has 0 radical (unpaired) electrons. The molecule has 0 atom stereocenters. The van der Waals surface area contributed by atoms with Gasteiger partial charge in [0.05, 0.1) is 0 Å². The Hall–Kier alpha value is -0.530. The monoisotopic (exact) mass is 241 g/mol. The zero-order valence-electron chi connectivity index (χ0n) is 12.7. The van der Waals surface area contributed by atoms with Crippen LogP contribution in [-0.2, 0) is 4.79 Å². The molecule has 1 fully saturated rings. The summed E-state index contributed by atoms with van der Waals surface area (Å²) in [6.07, 6.45) is 6.19. The molecule has 1 heterocycles. The molecule has 0 aromatic carbocycles. The Bertz CT molecular complexity index is 229. The van der Waals surface area contributed by atoms with Crippen LogP contribution in [0.15, 0.2) is 0 Å². The van der Waals surface area contributed by atoms with E-state index in [2.05, 4.69) is 33.0 Å². The van der Waals surface area contributed by atoms with Crippen LogP contribution in [0.3, 0.4) is 0 Å². The van der Waals surface area contributed by atoms with Crippen LogP contribution in [0.2, 0.25) is 0 Å². The molecule has 1 N–H and O–H groups in total. The number of nitrogens with one attached hydrogen (secondary N) is 1. The van der Waals surface area contributed by atoms with Crippen molar-refractivity contribution in [3.05, 3.63) is 0 Å². The smallest absolute Gasteiger partial charge is 0.225 e. The molecule has 2 heteroatoms. The van der Waals surface area contributed by atoms with Crippen molar-refractivity contribution in [2.24, 2.45) is 10.8 Å². The number of amides is 1. The predicted octanol–water partition coefficient (Wildman–Crippen LogP) is 4.15. The largest absolute Gasteiger partial charge is 0.355 e. The Morgan fingerprint density at radius 3 is 2.00 bits per heavy atom. The number of carbonyl (C=O) groups excluding carboxylic acids is 1. The molecule has 1 aliphatic rings. The van der Waals surface area contributed by atoms with Crippen molar-refractivity contribution in [1.29, 1.82) is 0 Å². The molecule has 2 nitrogen and oxygen atoms in total. The molecule has 0 bridgehead atoms. The topological polar surface area (TPSA) is 29.1 Å².